The molecule has 4 N–H and O–H groups in total. The third-order valence-corrected chi connectivity index (χ3v) is 5.29. The number of hydrogen-bond acceptors (Lipinski definition) is 6. The molecule has 1 atom stereocenters. The second-order valence-corrected chi connectivity index (χ2v) is 7.28. The molecule has 2 aromatic rings. The van der Waals surface area contributed by atoms with E-state index in [1.165, 1.54) is 44.7 Å². The number of nitrogens with zero attached hydrogens (tertiary/aromatic N) is 3. The molecule has 2 heterocycles. The smallest absolute Gasteiger partial charge is 0.227 e. The van der Waals surface area contributed by atoms with Gasteiger partial charge in [0.1, 0.15) is 5.82 Å². The molecule has 1 aromatic heterocycles. The van der Waals surface area contributed by atoms with Gasteiger partial charge < -0.3 is 21.4 Å². The topological polar surface area (TPSA) is 90.9 Å². The van der Waals surface area contributed by atoms with Gasteiger partial charge in [0.2, 0.25) is 5.95 Å². The number of anilines is 4. The van der Waals surface area contributed by atoms with E-state index in [0.717, 1.165) is 30.5 Å². The highest BCUT2D eigenvalue weighted by Gasteiger charge is 2.17. The van der Waals surface area contributed by atoms with Crippen molar-refractivity contribution in [1.29, 1.82) is 5.41 Å². The van der Waals surface area contributed by atoms with Crippen LogP contribution in [0.3, 0.4) is 0 Å². The van der Waals surface area contributed by atoms with E-state index < -0.39 is 0 Å². The zero-order valence-corrected chi connectivity index (χ0v) is 16.1. The van der Waals surface area contributed by atoms with Gasteiger partial charge >= 0.3 is 0 Å². The lowest BCUT2D eigenvalue weighted by molar-refractivity contribution is 0.451. The first-order chi connectivity index (χ1) is 13.2. The van der Waals surface area contributed by atoms with Crippen LogP contribution >= 0.6 is 0 Å². The van der Waals surface area contributed by atoms with Crippen molar-refractivity contribution in [3.8, 4) is 0 Å². The Balaban J connectivity index is 1.78. The Morgan fingerprint density at radius 1 is 1.26 bits per heavy atom. The Labute approximate surface area is 161 Å². The van der Waals surface area contributed by atoms with Gasteiger partial charge in [0, 0.05) is 42.4 Å². The molecule has 6 heteroatoms. The van der Waals surface area contributed by atoms with E-state index in [-0.39, 0.29) is 0 Å². The number of nitrogens with one attached hydrogen (secondary N) is 2. The maximum absolute atomic E-state index is 7.46. The molecule has 1 aliphatic rings. The number of rotatable bonds is 5. The third-order valence-electron chi connectivity index (χ3n) is 5.29. The Morgan fingerprint density at radius 2 is 2.11 bits per heavy atom. The average Bonchev–Trinajstić information content (AvgIpc) is 2.81. The van der Waals surface area contributed by atoms with Crippen LogP contribution in [0.5, 0.6) is 0 Å². The highest BCUT2D eigenvalue weighted by molar-refractivity contribution is 5.87. The van der Waals surface area contributed by atoms with Crippen LogP contribution in [0.2, 0.25) is 0 Å². The SMILES string of the molecule is CCC1CCCCCCN(c2nccc(Nc3ccc(N)c(C=N)c3)n2)C1. The zero-order valence-electron chi connectivity index (χ0n) is 16.1. The van der Waals surface area contributed by atoms with Crippen molar-refractivity contribution in [1.82, 2.24) is 9.97 Å². The van der Waals surface area contributed by atoms with Gasteiger partial charge in [0.25, 0.3) is 0 Å². The summed E-state index contributed by atoms with van der Waals surface area (Å²) in [7, 11) is 0. The lowest BCUT2D eigenvalue weighted by Gasteiger charge is -2.26. The van der Waals surface area contributed by atoms with Crippen LogP contribution < -0.4 is 16.0 Å². The van der Waals surface area contributed by atoms with Crippen molar-refractivity contribution < 1.29 is 0 Å². The number of hydrogen-bond donors (Lipinski definition) is 3. The predicted molar refractivity (Wildman–Crippen MR) is 113 cm³/mol. The molecular formula is C21H30N6. The standard InChI is InChI=1S/C21H30N6/c1-2-16-7-5-3-4-6-12-27(15-16)21-24-11-10-20(26-21)25-18-8-9-19(23)17(13-18)14-22/h8-11,13-14,16,22H,2-7,12,15,23H2,1H3,(H,24,25,26). The van der Waals surface area contributed by atoms with Crippen LogP contribution in [0, 0.1) is 11.3 Å². The van der Waals surface area contributed by atoms with E-state index in [2.05, 4.69) is 22.1 Å². The van der Waals surface area contributed by atoms with Crippen LogP contribution in [-0.4, -0.2) is 29.3 Å². The van der Waals surface area contributed by atoms with Crippen LogP contribution in [0.1, 0.15) is 51.0 Å². The minimum atomic E-state index is 0.598. The van der Waals surface area contributed by atoms with Crippen molar-refractivity contribution in [2.45, 2.75) is 45.4 Å². The largest absolute Gasteiger partial charge is 0.398 e. The molecule has 1 unspecified atom stereocenters. The number of benzene rings is 1. The van der Waals surface area contributed by atoms with E-state index in [9.17, 15) is 0 Å². The minimum absolute atomic E-state index is 0.598. The summed E-state index contributed by atoms with van der Waals surface area (Å²) in [5.41, 5.74) is 8.03. The van der Waals surface area contributed by atoms with Gasteiger partial charge in [-0.25, -0.2) is 4.98 Å². The molecule has 0 saturated carbocycles. The third kappa shape index (κ3) is 5.18. The van der Waals surface area contributed by atoms with Gasteiger partial charge in [-0.15, -0.1) is 0 Å². The lowest BCUT2D eigenvalue weighted by Crippen LogP contribution is -2.31. The van der Waals surface area contributed by atoms with E-state index >= 15 is 0 Å². The number of aromatic nitrogens is 2. The summed E-state index contributed by atoms with van der Waals surface area (Å²) >= 11 is 0. The summed E-state index contributed by atoms with van der Waals surface area (Å²) in [5.74, 6) is 2.26. The molecule has 144 valence electrons. The van der Waals surface area contributed by atoms with Gasteiger partial charge in [-0.2, -0.15) is 4.98 Å². The number of nitrogens with two attached hydrogens (primary N) is 1. The Hall–Kier alpha value is -2.63. The summed E-state index contributed by atoms with van der Waals surface area (Å²) in [4.78, 5) is 11.6. The van der Waals surface area contributed by atoms with Crippen molar-refractivity contribution in [3.05, 3.63) is 36.0 Å². The van der Waals surface area contributed by atoms with Crippen molar-refractivity contribution in [2.75, 3.05) is 29.0 Å². The fraction of sp³-hybridized carbons (Fsp3) is 0.476. The highest BCUT2D eigenvalue weighted by Crippen LogP contribution is 2.24. The molecule has 1 aliphatic heterocycles. The lowest BCUT2D eigenvalue weighted by atomic mass is 9.99. The molecule has 1 aromatic carbocycles. The van der Waals surface area contributed by atoms with Gasteiger partial charge in [-0.3, -0.25) is 0 Å². The van der Waals surface area contributed by atoms with E-state index in [0.29, 0.717) is 17.2 Å². The average molecular weight is 367 g/mol. The minimum Gasteiger partial charge on any atom is -0.398 e. The first kappa shape index (κ1) is 19.1. The van der Waals surface area contributed by atoms with Crippen molar-refractivity contribution in [2.24, 2.45) is 5.92 Å². The Morgan fingerprint density at radius 3 is 2.93 bits per heavy atom. The molecular weight excluding hydrogens is 336 g/mol. The van der Waals surface area contributed by atoms with E-state index in [4.69, 9.17) is 16.1 Å². The maximum Gasteiger partial charge on any atom is 0.227 e. The predicted octanol–water partition coefficient (Wildman–Crippen LogP) is 4.60. The second kappa shape index (κ2) is 9.35. The van der Waals surface area contributed by atoms with E-state index in [1.54, 1.807) is 6.07 Å². The normalized spacial score (nSPS) is 18.3. The van der Waals surface area contributed by atoms with Crippen LogP contribution in [0.25, 0.3) is 0 Å². The summed E-state index contributed by atoms with van der Waals surface area (Å²) in [6, 6.07) is 7.44. The molecule has 1 fully saturated rings. The molecule has 0 spiro atoms. The first-order valence-corrected chi connectivity index (χ1v) is 9.94. The highest BCUT2D eigenvalue weighted by atomic mass is 15.3. The van der Waals surface area contributed by atoms with Crippen molar-refractivity contribution in [3.63, 3.8) is 0 Å². The van der Waals surface area contributed by atoms with Gasteiger partial charge in [0.05, 0.1) is 0 Å². The van der Waals surface area contributed by atoms with Crippen LogP contribution in [0.4, 0.5) is 23.1 Å². The molecule has 27 heavy (non-hydrogen) atoms. The fourth-order valence-corrected chi connectivity index (χ4v) is 3.59. The molecule has 3 rings (SSSR count). The molecule has 0 amide bonds. The quantitative estimate of drug-likeness (QED) is 0.531. The second-order valence-electron chi connectivity index (χ2n) is 7.28. The Bertz CT molecular complexity index is 760. The molecule has 0 bridgehead atoms. The summed E-state index contributed by atoms with van der Waals surface area (Å²) in [6.07, 6.45) is 10.7. The molecule has 6 nitrogen and oxygen atoms in total. The fourth-order valence-electron chi connectivity index (χ4n) is 3.59. The molecule has 0 radical (unpaired) electrons. The summed E-state index contributed by atoms with van der Waals surface area (Å²) in [6.45, 7) is 4.32. The van der Waals surface area contributed by atoms with Crippen LogP contribution in [-0.2, 0) is 0 Å². The van der Waals surface area contributed by atoms with Gasteiger partial charge in [0.15, 0.2) is 0 Å². The maximum atomic E-state index is 7.46. The molecule has 1 saturated heterocycles. The van der Waals surface area contributed by atoms with E-state index in [1.807, 2.05) is 24.4 Å². The van der Waals surface area contributed by atoms with Crippen molar-refractivity contribution >= 4 is 29.4 Å². The number of nitrogen functional groups attached to an aromatic ring is 1. The molecule has 0 aliphatic carbocycles. The zero-order chi connectivity index (χ0) is 19.1. The van der Waals surface area contributed by atoms with Gasteiger partial charge in [-0.05, 0) is 43.0 Å². The van der Waals surface area contributed by atoms with Crippen LogP contribution in [0.15, 0.2) is 30.5 Å². The summed E-state index contributed by atoms with van der Waals surface area (Å²) in [5, 5.41) is 10.8. The Kier molecular flexibility index (Phi) is 6.63. The van der Waals surface area contributed by atoms with Gasteiger partial charge in [-0.1, -0.05) is 32.6 Å². The first-order valence-electron chi connectivity index (χ1n) is 9.94. The summed E-state index contributed by atoms with van der Waals surface area (Å²) < 4.78 is 0. The monoisotopic (exact) mass is 366 g/mol.